The highest BCUT2D eigenvalue weighted by Crippen LogP contribution is 2.44. The van der Waals surface area contributed by atoms with Crippen LogP contribution in [-0.4, -0.2) is 103 Å². The molecule has 0 saturated carbocycles. The van der Waals surface area contributed by atoms with Gasteiger partial charge in [-0.15, -0.1) is 0 Å². The summed E-state index contributed by atoms with van der Waals surface area (Å²) in [5.74, 6) is 1.91. The summed E-state index contributed by atoms with van der Waals surface area (Å²) in [5, 5.41) is 15.7. The van der Waals surface area contributed by atoms with Crippen LogP contribution < -0.4 is 25.6 Å². The Labute approximate surface area is 431 Å². The fourth-order valence-corrected chi connectivity index (χ4v) is 11.8. The van der Waals surface area contributed by atoms with Crippen LogP contribution >= 0.6 is 21.6 Å². The van der Waals surface area contributed by atoms with E-state index in [1.54, 1.807) is 30.3 Å². The van der Waals surface area contributed by atoms with Gasteiger partial charge in [0.1, 0.15) is 41.5 Å². The van der Waals surface area contributed by atoms with Gasteiger partial charge in [0.25, 0.3) is 5.91 Å². The molecule has 0 aromatic heterocycles. The molecule has 374 valence electrons. The first-order chi connectivity index (χ1) is 35.5. The van der Waals surface area contributed by atoms with Gasteiger partial charge >= 0.3 is 0 Å². The van der Waals surface area contributed by atoms with Gasteiger partial charge in [-0.1, -0.05) is 45.9 Å². The van der Waals surface area contributed by atoms with Crippen LogP contribution in [0.2, 0.25) is 0 Å². The van der Waals surface area contributed by atoms with Crippen molar-refractivity contribution in [3.8, 4) is 50.7 Å². The van der Waals surface area contributed by atoms with E-state index in [1.807, 2.05) is 34.1 Å². The Morgan fingerprint density at radius 3 is 2.03 bits per heavy atom. The maximum Gasteiger partial charge on any atom is 0.254 e. The highest BCUT2D eigenvalue weighted by molar-refractivity contribution is 8.76. The molecule has 73 heavy (non-hydrogen) atoms. The number of nitrogens with zero attached hydrogens (tertiary/aromatic N) is 4. The molecule has 4 aromatic rings. The number of aldehydes is 1. The number of piperazine rings is 1. The third-order valence-corrected chi connectivity index (χ3v) is 16.0. The second-order valence-corrected chi connectivity index (χ2v) is 20.5. The molecule has 3 amide bonds. The Morgan fingerprint density at radius 2 is 1.32 bits per heavy atom. The van der Waals surface area contributed by atoms with Gasteiger partial charge < -0.3 is 34.0 Å². The van der Waals surface area contributed by atoms with Crippen molar-refractivity contribution in [2.75, 3.05) is 74.1 Å². The Morgan fingerprint density at radius 1 is 0.685 bits per heavy atom. The molecule has 0 spiro atoms. The molecular weight excluding hydrogens is 959 g/mol. The summed E-state index contributed by atoms with van der Waals surface area (Å²) in [5.41, 5.74) is 7.94. The molecule has 13 nitrogen and oxygen atoms in total. The van der Waals surface area contributed by atoms with Gasteiger partial charge in [0.2, 0.25) is 17.2 Å². The minimum Gasteiger partial charge on any atom is -0.508 e. The molecule has 15 heteroatoms. The zero-order valence-electron chi connectivity index (χ0n) is 41.4. The lowest BCUT2D eigenvalue weighted by molar-refractivity contribution is -0.132. The molecular formula is C58H58N5O8S2+. The highest BCUT2D eigenvalue weighted by Gasteiger charge is 2.29. The van der Waals surface area contributed by atoms with Crippen molar-refractivity contribution in [2.24, 2.45) is 0 Å². The van der Waals surface area contributed by atoms with Gasteiger partial charge in [0, 0.05) is 143 Å². The number of carbonyl (C=O) groups is 4. The standard InChI is InChI=1S/C58H57N5O8S2/c1-5-60(6-2)39-14-19-46-50(32-39)70-51-33-40(61(7-3)8-4)15-20-47(51)57(46)44-11-9-10-12-45(44)58(69)63-27-25-62(26-28-63)55(68)24-30-73-72-29-23-54(67)59-38-13-18-43(37(31-38)36-64)56-48-21-16-41(65)34-52(48)71-53-35-42(66)17-22-49(53)56/h9-22,31-36H,5-8,23-30H2,1-4H3,(H-,59,65,66,67)/p+1. The van der Waals surface area contributed by atoms with Crippen LogP contribution in [0.4, 0.5) is 11.4 Å². The number of fused-ring (bicyclic) bond motifs is 4. The van der Waals surface area contributed by atoms with Crippen LogP contribution in [0.1, 0.15) is 61.3 Å². The van der Waals surface area contributed by atoms with Gasteiger partial charge in [-0.25, -0.2) is 4.58 Å². The first kappa shape index (κ1) is 50.6. The molecule has 5 aliphatic rings. The molecule has 9 rings (SSSR count). The number of amides is 3. The van der Waals surface area contributed by atoms with Crippen LogP contribution in [0, 0.1) is 0 Å². The molecule has 2 aliphatic carbocycles. The molecule has 1 saturated heterocycles. The number of rotatable bonds is 17. The van der Waals surface area contributed by atoms with E-state index in [0.29, 0.717) is 94.3 Å². The van der Waals surface area contributed by atoms with Gasteiger partial charge in [0.15, 0.2) is 11.7 Å². The van der Waals surface area contributed by atoms with E-state index in [-0.39, 0.29) is 35.3 Å². The molecule has 1 fully saturated rings. The second kappa shape index (κ2) is 22.6. The molecule has 0 atom stereocenters. The van der Waals surface area contributed by atoms with E-state index in [0.717, 1.165) is 76.9 Å². The van der Waals surface area contributed by atoms with Crippen molar-refractivity contribution in [3.63, 3.8) is 0 Å². The fourth-order valence-electron chi connectivity index (χ4n) is 9.82. The van der Waals surface area contributed by atoms with Crippen molar-refractivity contribution in [1.29, 1.82) is 0 Å². The van der Waals surface area contributed by atoms with E-state index in [2.05, 4.69) is 78.9 Å². The smallest absolute Gasteiger partial charge is 0.254 e. The van der Waals surface area contributed by atoms with Crippen molar-refractivity contribution in [3.05, 3.63) is 142 Å². The zero-order valence-corrected chi connectivity index (χ0v) is 43.1. The monoisotopic (exact) mass is 1020 g/mol. The predicted molar refractivity (Wildman–Crippen MR) is 295 cm³/mol. The Kier molecular flexibility index (Phi) is 15.7. The first-order valence-electron chi connectivity index (χ1n) is 24.9. The van der Waals surface area contributed by atoms with Crippen LogP contribution in [-0.2, 0) is 9.59 Å². The van der Waals surface area contributed by atoms with Gasteiger partial charge in [-0.2, -0.15) is 0 Å². The van der Waals surface area contributed by atoms with Gasteiger partial charge in [-0.3, -0.25) is 24.0 Å². The average Bonchev–Trinajstić information content (AvgIpc) is 3.41. The third kappa shape index (κ3) is 10.7. The summed E-state index contributed by atoms with van der Waals surface area (Å²) in [6.07, 6.45) is 1.28. The Balaban J connectivity index is 0.792. The molecule has 3 aliphatic heterocycles. The number of anilines is 2. The van der Waals surface area contributed by atoms with E-state index in [9.17, 15) is 29.1 Å². The number of nitrogens with one attached hydrogen (secondary N) is 1. The van der Waals surface area contributed by atoms with Crippen molar-refractivity contribution in [2.45, 2.75) is 40.5 Å². The summed E-state index contributed by atoms with van der Waals surface area (Å²) in [6.45, 7) is 13.8. The molecule has 0 unspecified atom stereocenters. The van der Waals surface area contributed by atoms with E-state index < -0.39 is 0 Å². The first-order valence-corrected chi connectivity index (χ1v) is 27.3. The molecule has 3 heterocycles. The highest BCUT2D eigenvalue weighted by atomic mass is 33.1. The maximum atomic E-state index is 14.5. The SMILES string of the molecule is CCN(CC)c1ccc2c(-c3ccccc3C(=O)N3CCN(C(=O)CCSSCCC(=O)Nc4ccc(-c5c6ccc(=O)cc-6oc6cc(O)ccc56)c(C=O)c4)CC3)c3ccc(=[N+](CC)CC)cc-3oc2c1. The van der Waals surface area contributed by atoms with Crippen LogP contribution in [0.15, 0.2) is 129 Å². The van der Waals surface area contributed by atoms with E-state index in [4.69, 9.17) is 8.83 Å². The summed E-state index contributed by atoms with van der Waals surface area (Å²) in [6, 6.07) is 34.7. The van der Waals surface area contributed by atoms with Crippen molar-refractivity contribution < 1.29 is 33.1 Å². The number of benzene rings is 6. The predicted octanol–water partition coefficient (Wildman–Crippen LogP) is 10.3. The van der Waals surface area contributed by atoms with E-state index in [1.165, 1.54) is 45.9 Å². The van der Waals surface area contributed by atoms with Crippen molar-refractivity contribution in [1.82, 2.24) is 14.4 Å². The number of carbonyl (C=O) groups excluding carboxylic acids is 4. The normalized spacial score (nSPS) is 12.7. The summed E-state index contributed by atoms with van der Waals surface area (Å²) in [7, 11) is 3.06. The average molecular weight is 1020 g/mol. The molecule has 0 bridgehead atoms. The number of phenolic OH excluding ortho intramolecular Hbond substituents is 1. The lowest BCUT2D eigenvalue weighted by Crippen LogP contribution is -2.50. The minimum atomic E-state index is -0.238. The number of hydrogen-bond donors (Lipinski definition) is 2. The van der Waals surface area contributed by atoms with Crippen LogP contribution in [0.3, 0.4) is 0 Å². The summed E-state index contributed by atoms with van der Waals surface area (Å²) >= 11 is 0. The zero-order chi connectivity index (χ0) is 51.2. The lowest BCUT2D eigenvalue weighted by Gasteiger charge is -2.35. The number of aromatic hydroxyl groups is 1. The lowest BCUT2D eigenvalue weighted by atomic mass is 9.90. The van der Waals surface area contributed by atoms with Crippen LogP contribution in [0.5, 0.6) is 5.75 Å². The Bertz CT molecular complexity index is 3440. The minimum absolute atomic E-state index is 0.00333. The molecule has 2 N–H and O–H groups in total. The molecule has 0 radical (unpaired) electrons. The Hall–Kier alpha value is -7.36. The largest absolute Gasteiger partial charge is 0.508 e. The van der Waals surface area contributed by atoms with Gasteiger partial charge in [-0.05, 0) is 99.5 Å². The number of hydrogen-bond acceptors (Lipinski definition) is 11. The fraction of sp³-hybridized carbons (Fsp3) is 0.276. The quantitative estimate of drug-likeness (QED) is 0.0294. The van der Waals surface area contributed by atoms with E-state index >= 15 is 0 Å². The van der Waals surface area contributed by atoms with Crippen molar-refractivity contribution >= 4 is 78.9 Å². The summed E-state index contributed by atoms with van der Waals surface area (Å²) in [4.78, 5) is 71.5. The third-order valence-electron chi connectivity index (χ3n) is 13.6. The van der Waals surface area contributed by atoms with Gasteiger partial charge in [0.05, 0.1) is 6.07 Å². The maximum absolute atomic E-state index is 14.5. The van der Waals surface area contributed by atoms with Crippen LogP contribution in [0.25, 0.3) is 66.8 Å². The number of phenols is 1. The second-order valence-electron chi connectivity index (χ2n) is 17.8. The summed E-state index contributed by atoms with van der Waals surface area (Å²) < 4.78 is 15.0. The topological polar surface area (TPSA) is 157 Å². The molecule has 4 aromatic carbocycles.